The van der Waals surface area contributed by atoms with Gasteiger partial charge in [0.25, 0.3) is 0 Å². The van der Waals surface area contributed by atoms with Crippen LogP contribution in [0, 0.1) is 0 Å². The Labute approximate surface area is 250 Å². The molecule has 0 saturated carbocycles. The molecule has 2 atom stereocenters. The van der Waals surface area contributed by atoms with E-state index in [9.17, 15) is 14.7 Å². The van der Waals surface area contributed by atoms with Crippen molar-refractivity contribution >= 4 is 39.7 Å². The molecule has 1 heterocycles. The van der Waals surface area contributed by atoms with Gasteiger partial charge in [0.1, 0.15) is 0 Å². The zero-order valence-corrected chi connectivity index (χ0v) is 28.0. The van der Waals surface area contributed by atoms with Gasteiger partial charge in [-0.3, -0.25) is 0 Å². The van der Waals surface area contributed by atoms with Crippen molar-refractivity contribution in [3.8, 4) is 11.5 Å². The van der Waals surface area contributed by atoms with Gasteiger partial charge in [0.05, 0.1) is 19.3 Å². The van der Waals surface area contributed by atoms with E-state index in [2.05, 4.69) is 44.6 Å². The molecule has 0 saturated heterocycles. The number of rotatable bonds is 14. The second kappa shape index (κ2) is 13.7. The lowest BCUT2D eigenvalue weighted by Gasteiger charge is -2.25. The van der Waals surface area contributed by atoms with Crippen molar-refractivity contribution in [2.24, 2.45) is 0 Å². The first-order valence-corrected chi connectivity index (χ1v) is 21.9. The monoisotopic (exact) mass is 621 g/mol. The molecule has 0 radical (unpaired) electrons. The predicted octanol–water partition coefficient (Wildman–Crippen LogP) is 5.82. The van der Waals surface area contributed by atoms with E-state index < -0.39 is 40.0 Å². The molecular weight excluding hydrogens is 578 g/mol. The summed E-state index contributed by atoms with van der Waals surface area (Å²) in [7, 11) is -2.96. The maximum atomic E-state index is 13.3. The van der Waals surface area contributed by atoms with Crippen LogP contribution in [0.3, 0.4) is 0 Å². The Morgan fingerprint density at radius 3 is 2.07 bits per heavy atom. The van der Waals surface area contributed by atoms with Gasteiger partial charge < -0.3 is 29.4 Å². The summed E-state index contributed by atoms with van der Waals surface area (Å²) >= 11 is 6.04. The Kier molecular flexibility index (Phi) is 11.1. The van der Waals surface area contributed by atoms with E-state index in [1.165, 1.54) is 0 Å². The van der Waals surface area contributed by atoms with E-state index in [0.717, 1.165) is 23.2 Å². The fourth-order valence-corrected chi connectivity index (χ4v) is 5.71. The third kappa shape index (κ3) is 9.85. The van der Waals surface area contributed by atoms with Crippen LogP contribution in [0.4, 0.5) is 0 Å². The number of hydrogen-bond acceptors (Lipinski definition) is 8. The number of aliphatic hydroxyl groups excluding tert-OH is 1. The minimum atomic E-state index is -2.33. The van der Waals surface area contributed by atoms with Gasteiger partial charge in [-0.25, -0.2) is 9.59 Å². The maximum absolute atomic E-state index is 13.3. The summed E-state index contributed by atoms with van der Waals surface area (Å²) < 4.78 is 22.8. The molecule has 226 valence electrons. The van der Waals surface area contributed by atoms with E-state index in [-0.39, 0.29) is 30.8 Å². The van der Waals surface area contributed by atoms with Gasteiger partial charge in [0.2, 0.25) is 0 Å². The molecule has 0 bridgehead atoms. The van der Waals surface area contributed by atoms with E-state index in [1.807, 2.05) is 19.1 Å². The number of nitrogens with one attached hydrogen (secondary N) is 1. The quantitative estimate of drug-likeness (QED) is 0.154. The topological polar surface area (TPSA) is 103 Å². The number of ether oxygens (including phenoxy) is 4. The molecule has 2 N–H and O–H groups in total. The molecule has 0 amide bonds. The average molecular weight is 622 g/mol. The lowest BCUT2D eigenvalue weighted by atomic mass is 10.1. The molecule has 1 aliphatic heterocycles. The normalized spacial score (nSPS) is 15.7. The summed E-state index contributed by atoms with van der Waals surface area (Å²) in [6.07, 6.45) is -0.0971. The lowest BCUT2D eigenvalue weighted by molar-refractivity contribution is -0.202. The van der Waals surface area contributed by atoms with Crippen LogP contribution in [0.5, 0.6) is 11.5 Å². The molecule has 0 spiro atoms. The molecule has 2 aromatic rings. The van der Waals surface area contributed by atoms with Crippen molar-refractivity contribution in [1.82, 2.24) is 5.32 Å². The van der Waals surface area contributed by atoms with Crippen molar-refractivity contribution < 1.29 is 33.6 Å². The van der Waals surface area contributed by atoms with Gasteiger partial charge in [-0.05, 0) is 60.8 Å². The second-order valence-corrected chi connectivity index (χ2v) is 24.8. The van der Waals surface area contributed by atoms with Crippen molar-refractivity contribution in [2.75, 3.05) is 19.8 Å². The standard InChI is InChI=1S/C30H44ClNO7Si2/c1-21(32-20-25(33)23-9-8-10-24(31)19-23)17-22-11-12-26-27(18-22)39-30(38-26,28(34)36-13-15-40(2,3)4)29(35)37-14-16-41(5,6)7/h8-12,18-19,21,25,32-33H,13-17,20H2,1-7H3/t21-,25+/m1/s1. The number of carbonyl (C=O) groups is 2. The molecule has 0 aromatic heterocycles. The first kappa shape index (κ1) is 33.1. The van der Waals surface area contributed by atoms with Gasteiger partial charge in [-0.1, -0.05) is 69.1 Å². The summed E-state index contributed by atoms with van der Waals surface area (Å²) in [5.74, 6) is -3.59. The van der Waals surface area contributed by atoms with Crippen molar-refractivity contribution in [1.29, 1.82) is 0 Å². The molecule has 0 unspecified atom stereocenters. The Morgan fingerprint density at radius 1 is 0.927 bits per heavy atom. The highest BCUT2D eigenvalue weighted by molar-refractivity contribution is 6.76. The van der Waals surface area contributed by atoms with Crippen LogP contribution in [0.2, 0.25) is 56.4 Å². The summed E-state index contributed by atoms with van der Waals surface area (Å²) in [6, 6.07) is 13.9. The maximum Gasteiger partial charge on any atom is 0.453 e. The second-order valence-electron chi connectivity index (χ2n) is 13.1. The van der Waals surface area contributed by atoms with Crippen LogP contribution in [-0.2, 0) is 25.5 Å². The molecule has 41 heavy (non-hydrogen) atoms. The highest BCUT2D eigenvalue weighted by atomic mass is 35.5. The average Bonchev–Trinajstić information content (AvgIpc) is 3.26. The number of fused-ring (bicyclic) bond motifs is 1. The Hall–Kier alpha value is -2.38. The van der Waals surface area contributed by atoms with E-state index in [1.54, 1.807) is 30.3 Å². The van der Waals surface area contributed by atoms with Crippen molar-refractivity contribution in [3.63, 3.8) is 0 Å². The Bertz CT molecular complexity index is 1180. The van der Waals surface area contributed by atoms with Crippen LogP contribution < -0.4 is 14.8 Å². The number of hydrogen-bond donors (Lipinski definition) is 2. The van der Waals surface area contributed by atoms with Gasteiger partial charge in [-0.2, -0.15) is 0 Å². The molecule has 8 nitrogen and oxygen atoms in total. The molecule has 11 heteroatoms. The van der Waals surface area contributed by atoms with Gasteiger partial charge in [0, 0.05) is 33.8 Å². The molecule has 3 rings (SSSR count). The van der Waals surface area contributed by atoms with Crippen LogP contribution in [-0.4, -0.2) is 64.8 Å². The van der Waals surface area contributed by atoms with Crippen LogP contribution in [0.1, 0.15) is 24.2 Å². The Morgan fingerprint density at radius 2 is 1.51 bits per heavy atom. The zero-order valence-electron chi connectivity index (χ0n) is 25.2. The number of aliphatic hydroxyl groups is 1. The number of esters is 2. The SMILES string of the molecule is C[C@H](Cc1ccc2c(c1)OC(C(=O)OCC[Si](C)(C)C)(C(=O)OCC[Si](C)(C)C)O2)NC[C@H](O)c1cccc(Cl)c1. The Balaban J connectivity index is 1.68. The summed E-state index contributed by atoms with van der Waals surface area (Å²) in [6.45, 7) is 15.8. The van der Waals surface area contributed by atoms with Gasteiger partial charge in [0.15, 0.2) is 11.5 Å². The fourth-order valence-electron chi connectivity index (χ4n) is 4.08. The minimum absolute atomic E-state index is 0.00650. The smallest absolute Gasteiger partial charge is 0.453 e. The summed E-state index contributed by atoms with van der Waals surface area (Å²) in [4.78, 5) is 26.6. The van der Waals surface area contributed by atoms with Crippen molar-refractivity contribution in [2.45, 2.75) is 82.6 Å². The van der Waals surface area contributed by atoms with Crippen LogP contribution in [0.15, 0.2) is 42.5 Å². The third-order valence-electron chi connectivity index (χ3n) is 6.66. The zero-order chi connectivity index (χ0) is 30.4. The molecule has 0 fully saturated rings. The minimum Gasteiger partial charge on any atom is -0.460 e. The number of carbonyl (C=O) groups excluding carboxylic acids is 2. The van der Waals surface area contributed by atoms with Crippen LogP contribution in [0.25, 0.3) is 0 Å². The van der Waals surface area contributed by atoms with Crippen LogP contribution >= 0.6 is 11.6 Å². The van der Waals surface area contributed by atoms with E-state index in [4.69, 9.17) is 30.5 Å². The largest absolute Gasteiger partial charge is 0.460 e. The lowest BCUT2D eigenvalue weighted by Crippen LogP contribution is -2.56. The first-order chi connectivity index (χ1) is 19.1. The third-order valence-corrected chi connectivity index (χ3v) is 10.3. The molecular formula is C30H44ClNO7Si2. The highest BCUT2D eigenvalue weighted by Gasteiger charge is 2.60. The first-order valence-electron chi connectivity index (χ1n) is 14.1. The fraction of sp³-hybridized carbons (Fsp3) is 0.533. The van der Waals surface area contributed by atoms with Gasteiger partial charge >= 0.3 is 17.7 Å². The highest BCUT2D eigenvalue weighted by Crippen LogP contribution is 2.41. The van der Waals surface area contributed by atoms with E-state index in [0.29, 0.717) is 18.0 Å². The molecule has 2 aromatic carbocycles. The van der Waals surface area contributed by atoms with E-state index >= 15 is 0 Å². The number of halogens is 1. The molecule has 0 aliphatic carbocycles. The molecule has 1 aliphatic rings. The van der Waals surface area contributed by atoms with Gasteiger partial charge in [-0.15, -0.1) is 0 Å². The number of benzene rings is 2. The summed E-state index contributed by atoms with van der Waals surface area (Å²) in [5.41, 5.74) is 1.64. The predicted molar refractivity (Wildman–Crippen MR) is 166 cm³/mol. The van der Waals surface area contributed by atoms with Crippen molar-refractivity contribution in [3.05, 3.63) is 58.6 Å². The summed E-state index contributed by atoms with van der Waals surface area (Å²) in [5, 5.41) is 14.4.